The van der Waals surface area contributed by atoms with E-state index in [-0.39, 0.29) is 0 Å². The van der Waals surface area contributed by atoms with E-state index in [9.17, 15) is 14.7 Å². The standard InChI is InChI=1S/C11H19NO4S.C2H6/c1-6-17-10(2,3)7(8(13)14)12-9(15)16-11(12,4)5;1-2/h7H,6H2,1-5H3,(H,13,14);1-2H3. The Morgan fingerprint density at radius 2 is 1.95 bits per heavy atom. The lowest BCUT2D eigenvalue weighted by molar-refractivity contribution is -0.194. The molecule has 0 aromatic carbocycles. The number of amides is 1. The molecule has 1 fully saturated rings. The number of rotatable bonds is 5. The summed E-state index contributed by atoms with van der Waals surface area (Å²) in [7, 11) is 0. The first kappa shape index (κ1) is 18.1. The van der Waals surface area contributed by atoms with E-state index in [1.165, 1.54) is 16.7 Å². The number of aliphatic carboxylic acids is 1. The summed E-state index contributed by atoms with van der Waals surface area (Å²) in [6, 6.07) is -0.885. The van der Waals surface area contributed by atoms with E-state index in [1.807, 2.05) is 34.6 Å². The number of hydrogen-bond acceptors (Lipinski definition) is 4. The van der Waals surface area contributed by atoms with Crippen LogP contribution in [-0.2, 0) is 9.53 Å². The van der Waals surface area contributed by atoms with Crippen molar-refractivity contribution < 1.29 is 19.4 Å². The van der Waals surface area contributed by atoms with Gasteiger partial charge in [-0.3, -0.25) is 4.90 Å². The third-order valence-corrected chi connectivity index (χ3v) is 4.04. The van der Waals surface area contributed by atoms with Crippen molar-refractivity contribution in [1.82, 2.24) is 4.90 Å². The molecule has 1 aliphatic heterocycles. The van der Waals surface area contributed by atoms with Crippen LogP contribution in [0.4, 0.5) is 4.79 Å². The minimum Gasteiger partial charge on any atom is -0.480 e. The lowest BCUT2D eigenvalue weighted by atomic mass is 9.98. The summed E-state index contributed by atoms with van der Waals surface area (Å²) in [6.07, 6.45) is -0.563. The van der Waals surface area contributed by atoms with Crippen LogP contribution < -0.4 is 0 Å². The van der Waals surface area contributed by atoms with Crippen LogP contribution in [-0.4, -0.2) is 44.3 Å². The second-order valence-electron chi connectivity index (χ2n) is 4.96. The second-order valence-corrected chi connectivity index (χ2v) is 6.88. The quantitative estimate of drug-likeness (QED) is 0.842. The van der Waals surface area contributed by atoms with Crippen LogP contribution in [0, 0.1) is 0 Å². The van der Waals surface area contributed by atoms with E-state index in [0.717, 1.165) is 5.75 Å². The molecule has 5 nitrogen and oxygen atoms in total. The van der Waals surface area contributed by atoms with Gasteiger partial charge in [-0.15, -0.1) is 0 Å². The van der Waals surface area contributed by atoms with Gasteiger partial charge in [0, 0.05) is 4.75 Å². The molecule has 112 valence electrons. The smallest absolute Gasteiger partial charge is 0.415 e. The van der Waals surface area contributed by atoms with Gasteiger partial charge in [-0.05, 0) is 33.4 Å². The van der Waals surface area contributed by atoms with Gasteiger partial charge < -0.3 is 9.84 Å². The Morgan fingerprint density at radius 1 is 1.47 bits per heavy atom. The molecule has 1 rings (SSSR count). The van der Waals surface area contributed by atoms with E-state index in [1.54, 1.807) is 13.8 Å². The zero-order chi connectivity index (χ0) is 15.4. The maximum Gasteiger partial charge on any atom is 0.415 e. The third kappa shape index (κ3) is 3.78. The number of thioether (sulfide) groups is 1. The summed E-state index contributed by atoms with van der Waals surface area (Å²) in [5.74, 6) is -0.208. The molecule has 19 heavy (non-hydrogen) atoms. The lowest BCUT2D eigenvalue weighted by Crippen LogP contribution is -2.71. The fourth-order valence-corrected chi connectivity index (χ4v) is 3.19. The molecule has 0 saturated carbocycles. The summed E-state index contributed by atoms with van der Waals surface area (Å²) >= 11 is 1.52. The molecular formula is C13H25NO4S. The molecule has 0 spiro atoms. The van der Waals surface area contributed by atoms with Gasteiger partial charge in [0.05, 0.1) is 0 Å². The topological polar surface area (TPSA) is 66.8 Å². The minimum absolute atomic E-state index is 0.558. The predicted molar refractivity (Wildman–Crippen MR) is 77.4 cm³/mol. The number of nitrogens with zero attached hydrogens (tertiary/aromatic N) is 1. The molecule has 1 atom stereocenters. The van der Waals surface area contributed by atoms with Gasteiger partial charge in [0.2, 0.25) is 0 Å². The highest BCUT2D eigenvalue weighted by Gasteiger charge is 2.56. The molecule has 0 bridgehead atoms. The Kier molecular flexibility index (Phi) is 6.19. The van der Waals surface area contributed by atoms with Gasteiger partial charge in [-0.25, -0.2) is 9.59 Å². The fraction of sp³-hybridized carbons (Fsp3) is 0.846. The first-order valence-electron chi connectivity index (χ1n) is 6.52. The Balaban J connectivity index is 0.00000154. The number of carbonyl (C=O) groups is 2. The first-order chi connectivity index (χ1) is 8.63. The van der Waals surface area contributed by atoms with Crippen LogP contribution in [0.2, 0.25) is 0 Å². The second kappa shape index (κ2) is 6.50. The molecule has 0 radical (unpaired) electrons. The van der Waals surface area contributed by atoms with Crippen LogP contribution in [0.3, 0.4) is 0 Å². The highest BCUT2D eigenvalue weighted by molar-refractivity contribution is 8.00. The average Bonchev–Trinajstić information content (AvgIpc) is 2.27. The first-order valence-corrected chi connectivity index (χ1v) is 7.51. The fourth-order valence-electron chi connectivity index (χ4n) is 2.08. The minimum atomic E-state index is -0.999. The molecule has 1 amide bonds. The molecule has 0 aromatic rings. The molecule has 1 saturated heterocycles. The summed E-state index contributed by atoms with van der Waals surface area (Å²) in [5, 5.41) is 9.36. The third-order valence-electron chi connectivity index (χ3n) is 2.78. The van der Waals surface area contributed by atoms with Crippen molar-refractivity contribution in [2.45, 2.75) is 65.0 Å². The molecule has 1 N–H and O–H groups in total. The summed E-state index contributed by atoms with van der Waals surface area (Å²) in [4.78, 5) is 24.2. The number of carboxylic acid groups (broad SMARTS) is 1. The van der Waals surface area contributed by atoms with E-state index >= 15 is 0 Å². The molecule has 1 heterocycles. The zero-order valence-corrected chi connectivity index (χ0v) is 13.6. The normalized spacial score (nSPS) is 18.7. The summed E-state index contributed by atoms with van der Waals surface area (Å²) in [6.45, 7) is 13.0. The Labute approximate surface area is 119 Å². The number of ether oxygens (including phenoxy) is 1. The molecule has 1 unspecified atom stereocenters. The SMILES string of the molecule is CC.CCSC(C)(C)C(C(=O)O)N1C(=O)OC1(C)C. The van der Waals surface area contributed by atoms with E-state index in [0.29, 0.717) is 0 Å². The molecule has 1 aliphatic rings. The van der Waals surface area contributed by atoms with Crippen LogP contribution in [0.25, 0.3) is 0 Å². The van der Waals surface area contributed by atoms with Gasteiger partial charge in [0.1, 0.15) is 0 Å². The van der Waals surface area contributed by atoms with Gasteiger partial charge in [0.15, 0.2) is 11.8 Å². The van der Waals surface area contributed by atoms with E-state index < -0.39 is 28.6 Å². The van der Waals surface area contributed by atoms with Crippen LogP contribution in [0.1, 0.15) is 48.5 Å². The molecule has 0 aliphatic carbocycles. The van der Waals surface area contributed by atoms with Crippen molar-refractivity contribution in [1.29, 1.82) is 0 Å². The lowest BCUT2D eigenvalue weighted by Gasteiger charge is -2.52. The largest absolute Gasteiger partial charge is 0.480 e. The van der Waals surface area contributed by atoms with Crippen LogP contribution in [0.5, 0.6) is 0 Å². The highest BCUT2D eigenvalue weighted by atomic mass is 32.2. The van der Waals surface area contributed by atoms with E-state index in [2.05, 4.69) is 0 Å². The Bertz CT molecular complexity index is 342. The van der Waals surface area contributed by atoms with Crippen molar-refractivity contribution >= 4 is 23.8 Å². The molecular weight excluding hydrogens is 266 g/mol. The van der Waals surface area contributed by atoms with Crippen molar-refractivity contribution in [3.05, 3.63) is 0 Å². The number of carbonyl (C=O) groups excluding carboxylic acids is 1. The van der Waals surface area contributed by atoms with Crippen molar-refractivity contribution in [3.8, 4) is 0 Å². The van der Waals surface area contributed by atoms with E-state index in [4.69, 9.17) is 4.74 Å². The van der Waals surface area contributed by atoms with Gasteiger partial charge >= 0.3 is 12.1 Å². The number of cyclic esters (lactones) is 1. The van der Waals surface area contributed by atoms with Gasteiger partial charge in [-0.2, -0.15) is 11.8 Å². The average molecular weight is 291 g/mol. The number of carboxylic acids is 1. The maximum absolute atomic E-state index is 11.5. The van der Waals surface area contributed by atoms with Gasteiger partial charge in [0.25, 0.3) is 0 Å². The zero-order valence-electron chi connectivity index (χ0n) is 12.8. The highest BCUT2D eigenvalue weighted by Crippen LogP contribution is 2.39. The van der Waals surface area contributed by atoms with Crippen LogP contribution >= 0.6 is 11.8 Å². The van der Waals surface area contributed by atoms with Crippen molar-refractivity contribution in [3.63, 3.8) is 0 Å². The predicted octanol–water partition coefficient (Wildman–Crippen LogP) is 3.19. The van der Waals surface area contributed by atoms with Crippen LogP contribution in [0.15, 0.2) is 0 Å². The van der Waals surface area contributed by atoms with Gasteiger partial charge in [-0.1, -0.05) is 20.8 Å². The number of hydrogen-bond donors (Lipinski definition) is 1. The van der Waals surface area contributed by atoms with Crippen molar-refractivity contribution in [2.75, 3.05) is 5.75 Å². The summed E-state index contributed by atoms with van der Waals surface area (Å²) in [5.41, 5.74) is -0.842. The Morgan fingerprint density at radius 3 is 2.21 bits per heavy atom. The molecule has 0 aromatic heterocycles. The maximum atomic E-state index is 11.5. The Hall–Kier alpha value is -0.910. The molecule has 6 heteroatoms. The van der Waals surface area contributed by atoms with Crippen molar-refractivity contribution in [2.24, 2.45) is 0 Å². The summed E-state index contributed by atoms with van der Waals surface area (Å²) < 4.78 is 4.40. The monoisotopic (exact) mass is 291 g/mol.